The zero-order chi connectivity index (χ0) is 15.9. The van der Waals surface area contributed by atoms with Gasteiger partial charge in [-0.3, -0.25) is 11.3 Å². The van der Waals surface area contributed by atoms with E-state index in [1.54, 1.807) is 0 Å². The van der Waals surface area contributed by atoms with Crippen molar-refractivity contribution in [2.45, 2.75) is 79.1 Å². The lowest BCUT2D eigenvalue weighted by atomic mass is 9.90. The van der Waals surface area contributed by atoms with Gasteiger partial charge in [0.1, 0.15) is 0 Å². The molecule has 0 aliphatic rings. The van der Waals surface area contributed by atoms with Crippen LogP contribution in [-0.4, -0.2) is 19.6 Å². The number of hydrazine groups is 1. The Balaban J connectivity index is 3.84. The lowest BCUT2D eigenvalue weighted by Crippen LogP contribution is -2.27. The molecule has 4 N–H and O–H groups in total. The summed E-state index contributed by atoms with van der Waals surface area (Å²) in [5.74, 6) is 7.91. The molecule has 0 radical (unpaired) electrons. The van der Waals surface area contributed by atoms with Crippen molar-refractivity contribution in [3.8, 4) is 0 Å². The Hall–Kier alpha value is -0.120. The highest BCUT2D eigenvalue weighted by Gasteiger charge is 2.10. The fraction of sp³-hybridized carbons (Fsp3) is 1.00. The Morgan fingerprint density at radius 1 is 0.905 bits per heavy atom. The van der Waals surface area contributed by atoms with Gasteiger partial charge in [-0.1, -0.05) is 47.0 Å². The van der Waals surface area contributed by atoms with Crippen LogP contribution in [0.15, 0.2) is 0 Å². The monoisotopic (exact) mass is 299 g/mol. The lowest BCUT2D eigenvalue weighted by molar-refractivity contribution is 0.351. The lowest BCUT2D eigenvalue weighted by Gasteiger charge is -2.19. The molecule has 0 spiro atoms. The predicted molar refractivity (Wildman–Crippen MR) is 95.2 cm³/mol. The van der Waals surface area contributed by atoms with Crippen LogP contribution in [0.2, 0.25) is 0 Å². The first kappa shape index (κ1) is 20.9. The first-order valence-corrected chi connectivity index (χ1v) is 9.24. The van der Waals surface area contributed by atoms with Crippen molar-refractivity contribution in [2.24, 2.45) is 23.6 Å². The minimum Gasteiger partial charge on any atom is -0.316 e. The van der Waals surface area contributed by atoms with Gasteiger partial charge in [-0.05, 0) is 62.9 Å². The van der Waals surface area contributed by atoms with Crippen LogP contribution in [0.3, 0.4) is 0 Å². The minimum absolute atomic E-state index is 0.821. The van der Waals surface area contributed by atoms with Crippen LogP contribution in [-0.2, 0) is 0 Å². The number of hydrogen-bond acceptors (Lipinski definition) is 3. The van der Waals surface area contributed by atoms with Crippen LogP contribution in [0.1, 0.15) is 79.1 Å². The third-order valence-corrected chi connectivity index (χ3v) is 4.26. The normalized spacial score (nSPS) is 14.6. The summed E-state index contributed by atoms with van der Waals surface area (Å²) in [6.45, 7) is 12.6. The standard InChI is InChI=1S/C18H41N3/c1-5-6-12-20-15-18(11-8-13-21-19)10-7-9-17(4)14-16(2)3/h16-18,20-21H,5-15,19H2,1-4H3. The molecule has 0 rings (SSSR count). The number of rotatable bonds is 15. The van der Waals surface area contributed by atoms with Gasteiger partial charge in [0.05, 0.1) is 0 Å². The van der Waals surface area contributed by atoms with Crippen LogP contribution >= 0.6 is 0 Å². The largest absolute Gasteiger partial charge is 0.316 e. The molecule has 3 nitrogen and oxygen atoms in total. The quantitative estimate of drug-likeness (QED) is 0.242. The van der Waals surface area contributed by atoms with E-state index < -0.39 is 0 Å². The van der Waals surface area contributed by atoms with E-state index >= 15 is 0 Å². The van der Waals surface area contributed by atoms with Crippen molar-refractivity contribution in [2.75, 3.05) is 19.6 Å². The summed E-state index contributed by atoms with van der Waals surface area (Å²) in [4.78, 5) is 0. The van der Waals surface area contributed by atoms with Crippen LogP contribution in [0.5, 0.6) is 0 Å². The molecule has 0 saturated heterocycles. The van der Waals surface area contributed by atoms with Gasteiger partial charge in [-0.15, -0.1) is 0 Å². The van der Waals surface area contributed by atoms with E-state index in [-0.39, 0.29) is 0 Å². The number of unbranched alkanes of at least 4 members (excludes halogenated alkanes) is 1. The van der Waals surface area contributed by atoms with Crippen LogP contribution in [0.25, 0.3) is 0 Å². The van der Waals surface area contributed by atoms with E-state index in [4.69, 9.17) is 5.84 Å². The van der Waals surface area contributed by atoms with E-state index in [1.807, 2.05) is 0 Å². The smallest absolute Gasteiger partial charge is 0.00975 e. The second kappa shape index (κ2) is 14.8. The Morgan fingerprint density at radius 2 is 1.62 bits per heavy atom. The molecule has 0 saturated carbocycles. The zero-order valence-corrected chi connectivity index (χ0v) is 15.1. The molecule has 0 aromatic heterocycles. The number of hydrogen-bond donors (Lipinski definition) is 3. The Morgan fingerprint density at radius 3 is 2.24 bits per heavy atom. The third kappa shape index (κ3) is 14.6. The van der Waals surface area contributed by atoms with Gasteiger partial charge in [0.2, 0.25) is 0 Å². The maximum atomic E-state index is 5.37. The van der Waals surface area contributed by atoms with Gasteiger partial charge in [-0.2, -0.15) is 0 Å². The highest BCUT2D eigenvalue weighted by Crippen LogP contribution is 2.20. The van der Waals surface area contributed by atoms with Gasteiger partial charge < -0.3 is 5.32 Å². The SMILES string of the molecule is CCCCNCC(CCCNN)CCCC(C)CC(C)C. The minimum atomic E-state index is 0.821. The van der Waals surface area contributed by atoms with E-state index in [0.717, 1.165) is 24.3 Å². The van der Waals surface area contributed by atoms with Crippen LogP contribution in [0.4, 0.5) is 0 Å². The topological polar surface area (TPSA) is 50.1 Å². The van der Waals surface area contributed by atoms with E-state index in [1.165, 1.54) is 64.5 Å². The molecule has 21 heavy (non-hydrogen) atoms. The van der Waals surface area contributed by atoms with Crippen LogP contribution in [0, 0.1) is 17.8 Å². The molecule has 0 aliphatic carbocycles. The molecule has 0 bridgehead atoms. The van der Waals surface area contributed by atoms with Crippen molar-refractivity contribution in [1.29, 1.82) is 0 Å². The predicted octanol–water partition coefficient (Wildman–Crippen LogP) is 4.09. The summed E-state index contributed by atoms with van der Waals surface area (Å²) in [5, 5.41) is 3.63. The Bertz CT molecular complexity index is 207. The first-order chi connectivity index (χ1) is 10.1. The highest BCUT2D eigenvalue weighted by atomic mass is 15.2. The number of nitrogens with one attached hydrogen (secondary N) is 2. The highest BCUT2D eigenvalue weighted by molar-refractivity contribution is 4.66. The second-order valence-electron chi connectivity index (χ2n) is 7.19. The molecule has 2 unspecified atom stereocenters. The van der Waals surface area contributed by atoms with Crippen LogP contribution < -0.4 is 16.6 Å². The maximum Gasteiger partial charge on any atom is 0.00975 e. The molecule has 3 heteroatoms. The summed E-state index contributed by atoms with van der Waals surface area (Å²) in [5.41, 5.74) is 2.77. The molecule has 0 fully saturated rings. The average Bonchev–Trinajstić information content (AvgIpc) is 2.42. The van der Waals surface area contributed by atoms with E-state index in [2.05, 4.69) is 38.4 Å². The molecule has 0 aromatic rings. The average molecular weight is 300 g/mol. The molecule has 0 aromatic carbocycles. The molecule has 0 aliphatic heterocycles. The van der Waals surface area contributed by atoms with Gasteiger partial charge in [0.25, 0.3) is 0 Å². The van der Waals surface area contributed by atoms with Gasteiger partial charge in [0, 0.05) is 6.54 Å². The van der Waals surface area contributed by atoms with Gasteiger partial charge in [0.15, 0.2) is 0 Å². The van der Waals surface area contributed by atoms with E-state index in [0.29, 0.717) is 0 Å². The zero-order valence-electron chi connectivity index (χ0n) is 15.1. The summed E-state index contributed by atoms with van der Waals surface area (Å²) < 4.78 is 0. The second-order valence-corrected chi connectivity index (χ2v) is 7.19. The maximum absolute atomic E-state index is 5.37. The van der Waals surface area contributed by atoms with Gasteiger partial charge in [-0.25, -0.2) is 0 Å². The molecule has 128 valence electrons. The fourth-order valence-corrected chi connectivity index (χ4v) is 3.13. The van der Waals surface area contributed by atoms with Crippen molar-refractivity contribution in [3.05, 3.63) is 0 Å². The Labute approximate surface area is 133 Å². The molecule has 2 atom stereocenters. The third-order valence-electron chi connectivity index (χ3n) is 4.26. The summed E-state index contributed by atoms with van der Waals surface area (Å²) in [6, 6.07) is 0. The molecular weight excluding hydrogens is 258 g/mol. The van der Waals surface area contributed by atoms with Crippen molar-refractivity contribution in [1.82, 2.24) is 10.7 Å². The summed E-state index contributed by atoms with van der Waals surface area (Å²) in [7, 11) is 0. The Kier molecular flexibility index (Phi) is 14.7. The molecular formula is C18H41N3. The van der Waals surface area contributed by atoms with E-state index in [9.17, 15) is 0 Å². The van der Waals surface area contributed by atoms with Gasteiger partial charge >= 0.3 is 0 Å². The fourth-order valence-electron chi connectivity index (χ4n) is 3.13. The summed E-state index contributed by atoms with van der Waals surface area (Å²) in [6.07, 6.45) is 10.6. The molecule has 0 amide bonds. The summed E-state index contributed by atoms with van der Waals surface area (Å²) >= 11 is 0. The van der Waals surface area contributed by atoms with Crippen molar-refractivity contribution < 1.29 is 0 Å². The van der Waals surface area contributed by atoms with Crippen molar-refractivity contribution in [3.63, 3.8) is 0 Å². The van der Waals surface area contributed by atoms with Crippen molar-refractivity contribution >= 4 is 0 Å². The first-order valence-electron chi connectivity index (χ1n) is 9.24. The molecule has 0 heterocycles. The number of nitrogens with two attached hydrogens (primary N) is 1.